The highest BCUT2D eigenvalue weighted by Gasteiger charge is 2.25. The molecule has 1 N–H and O–H groups in total. The molecular weight excluding hydrogens is 196 g/mol. The van der Waals surface area contributed by atoms with Crippen LogP contribution in [0.1, 0.15) is 24.4 Å². The molecule has 1 heterocycles. The molecule has 16 heavy (non-hydrogen) atoms. The summed E-state index contributed by atoms with van der Waals surface area (Å²) < 4.78 is 0. The van der Waals surface area contributed by atoms with Gasteiger partial charge in [-0.3, -0.25) is 0 Å². The minimum absolute atomic E-state index is 0.504. The third-order valence-electron chi connectivity index (χ3n) is 3.60. The molecule has 1 aliphatic rings. The van der Waals surface area contributed by atoms with E-state index in [-0.39, 0.29) is 0 Å². The lowest BCUT2D eigenvalue weighted by Gasteiger charge is -2.35. The van der Waals surface area contributed by atoms with Crippen molar-refractivity contribution in [2.75, 3.05) is 27.2 Å². The largest absolute Gasteiger partial charge is 0.313 e. The number of benzene rings is 1. The van der Waals surface area contributed by atoms with Crippen molar-refractivity contribution in [3.8, 4) is 0 Å². The molecule has 0 amide bonds. The third-order valence-corrected chi connectivity index (χ3v) is 3.60. The molecule has 2 unspecified atom stereocenters. The number of rotatable bonds is 3. The molecule has 1 saturated heterocycles. The number of piperidine rings is 1. The van der Waals surface area contributed by atoms with Crippen LogP contribution >= 0.6 is 0 Å². The average molecular weight is 218 g/mol. The van der Waals surface area contributed by atoms with Crippen molar-refractivity contribution < 1.29 is 0 Å². The minimum Gasteiger partial charge on any atom is -0.313 e. The van der Waals surface area contributed by atoms with Crippen molar-refractivity contribution in [2.45, 2.75) is 18.9 Å². The van der Waals surface area contributed by atoms with E-state index < -0.39 is 0 Å². The maximum atomic E-state index is 3.48. The predicted molar refractivity (Wildman–Crippen MR) is 68.5 cm³/mol. The Labute approximate surface area is 98.7 Å². The van der Waals surface area contributed by atoms with E-state index in [0.29, 0.717) is 6.04 Å². The van der Waals surface area contributed by atoms with Crippen LogP contribution in [-0.4, -0.2) is 32.1 Å². The molecule has 0 spiro atoms. The SMILES string of the molecule is CNC(c1ccccc1)C1CCCN(C)C1. The normalized spacial score (nSPS) is 24.2. The number of likely N-dealkylation sites (tertiary alicyclic amines) is 1. The average Bonchev–Trinajstić information content (AvgIpc) is 2.31. The molecule has 0 aromatic heterocycles. The highest BCUT2D eigenvalue weighted by Crippen LogP contribution is 2.28. The lowest BCUT2D eigenvalue weighted by Crippen LogP contribution is -2.38. The fraction of sp³-hybridized carbons (Fsp3) is 0.571. The Morgan fingerprint density at radius 2 is 2.06 bits per heavy atom. The van der Waals surface area contributed by atoms with Crippen LogP contribution in [0.5, 0.6) is 0 Å². The Morgan fingerprint density at radius 3 is 2.69 bits per heavy atom. The Balaban J connectivity index is 2.10. The lowest BCUT2D eigenvalue weighted by molar-refractivity contribution is 0.177. The molecule has 2 rings (SSSR count). The number of nitrogens with zero attached hydrogens (tertiary/aromatic N) is 1. The van der Waals surface area contributed by atoms with Gasteiger partial charge in [-0.2, -0.15) is 0 Å². The van der Waals surface area contributed by atoms with Crippen LogP contribution in [0.15, 0.2) is 30.3 Å². The Hall–Kier alpha value is -0.860. The predicted octanol–water partition coefficient (Wildman–Crippen LogP) is 2.29. The van der Waals surface area contributed by atoms with Gasteiger partial charge in [0.1, 0.15) is 0 Å². The van der Waals surface area contributed by atoms with Crippen molar-refractivity contribution in [1.29, 1.82) is 0 Å². The first-order valence-electron chi connectivity index (χ1n) is 6.22. The quantitative estimate of drug-likeness (QED) is 0.837. The molecule has 1 aliphatic heterocycles. The molecule has 1 aromatic carbocycles. The highest BCUT2D eigenvalue weighted by molar-refractivity contribution is 5.19. The van der Waals surface area contributed by atoms with Crippen molar-refractivity contribution in [2.24, 2.45) is 5.92 Å². The van der Waals surface area contributed by atoms with Gasteiger partial charge in [0, 0.05) is 12.6 Å². The fourth-order valence-corrected chi connectivity index (χ4v) is 2.81. The van der Waals surface area contributed by atoms with E-state index in [2.05, 4.69) is 54.6 Å². The van der Waals surface area contributed by atoms with Crippen molar-refractivity contribution in [3.63, 3.8) is 0 Å². The van der Waals surface area contributed by atoms with Gasteiger partial charge in [-0.1, -0.05) is 30.3 Å². The smallest absolute Gasteiger partial charge is 0.0358 e. The summed E-state index contributed by atoms with van der Waals surface area (Å²) in [4.78, 5) is 2.45. The van der Waals surface area contributed by atoms with E-state index in [1.54, 1.807) is 0 Å². The standard InChI is InChI=1S/C14H22N2/c1-15-14(12-7-4-3-5-8-12)13-9-6-10-16(2)11-13/h3-5,7-8,13-15H,6,9-11H2,1-2H3. The second-order valence-electron chi connectivity index (χ2n) is 4.84. The van der Waals surface area contributed by atoms with Gasteiger partial charge < -0.3 is 10.2 Å². The topological polar surface area (TPSA) is 15.3 Å². The van der Waals surface area contributed by atoms with Crippen molar-refractivity contribution in [3.05, 3.63) is 35.9 Å². The molecule has 88 valence electrons. The lowest BCUT2D eigenvalue weighted by atomic mass is 9.87. The van der Waals surface area contributed by atoms with Crippen LogP contribution in [0, 0.1) is 5.92 Å². The van der Waals surface area contributed by atoms with Crippen LogP contribution in [0.2, 0.25) is 0 Å². The zero-order valence-corrected chi connectivity index (χ0v) is 10.3. The number of nitrogens with one attached hydrogen (secondary N) is 1. The summed E-state index contributed by atoms with van der Waals surface area (Å²) in [7, 11) is 4.30. The molecule has 2 nitrogen and oxygen atoms in total. The molecule has 0 aliphatic carbocycles. The summed E-state index contributed by atoms with van der Waals surface area (Å²) >= 11 is 0. The van der Waals surface area contributed by atoms with E-state index in [9.17, 15) is 0 Å². The Bertz CT molecular complexity index is 310. The molecule has 1 fully saturated rings. The summed E-state index contributed by atoms with van der Waals surface area (Å²) in [5, 5.41) is 3.48. The van der Waals surface area contributed by atoms with Gasteiger partial charge in [-0.15, -0.1) is 0 Å². The maximum Gasteiger partial charge on any atom is 0.0358 e. The van der Waals surface area contributed by atoms with Crippen molar-refractivity contribution in [1.82, 2.24) is 10.2 Å². The molecule has 0 saturated carbocycles. The maximum absolute atomic E-state index is 3.48. The number of hydrogen-bond donors (Lipinski definition) is 1. The van der Waals surface area contributed by atoms with Crippen LogP contribution in [0.4, 0.5) is 0 Å². The summed E-state index contributed by atoms with van der Waals surface area (Å²) in [6.45, 7) is 2.46. The second-order valence-corrected chi connectivity index (χ2v) is 4.84. The molecular formula is C14H22N2. The van der Waals surface area contributed by atoms with E-state index in [1.807, 2.05) is 0 Å². The van der Waals surface area contributed by atoms with Crippen LogP contribution < -0.4 is 5.32 Å². The van der Waals surface area contributed by atoms with Gasteiger partial charge >= 0.3 is 0 Å². The molecule has 1 aromatic rings. The first-order valence-corrected chi connectivity index (χ1v) is 6.22. The zero-order valence-electron chi connectivity index (χ0n) is 10.3. The van der Waals surface area contributed by atoms with Gasteiger partial charge in [0.05, 0.1) is 0 Å². The summed E-state index contributed by atoms with van der Waals surface area (Å²) in [6.07, 6.45) is 2.66. The van der Waals surface area contributed by atoms with Crippen LogP contribution in [0.25, 0.3) is 0 Å². The van der Waals surface area contributed by atoms with Crippen LogP contribution in [-0.2, 0) is 0 Å². The Morgan fingerprint density at radius 1 is 1.31 bits per heavy atom. The second kappa shape index (κ2) is 5.46. The minimum atomic E-state index is 0.504. The van der Waals surface area contributed by atoms with Crippen molar-refractivity contribution >= 4 is 0 Å². The van der Waals surface area contributed by atoms with Gasteiger partial charge in [0.2, 0.25) is 0 Å². The van der Waals surface area contributed by atoms with E-state index in [0.717, 1.165) is 5.92 Å². The molecule has 2 heteroatoms. The summed E-state index contributed by atoms with van der Waals surface area (Å²) in [6, 6.07) is 11.3. The molecule has 0 bridgehead atoms. The van der Waals surface area contributed by atoms with Gasteiger partial charge in [0.25, 0.3) is 0 Å². The zero-order chi connectivity index (χ0) is 11.4. The Kier molecular flexibility index (Phi) is 3.97. The van der Waals surface area contributed by atoms with E-state index in [1.165, 1.54) is 31.5 Å². The summed E-state index contributed by atoms with van der Waals surface area (Å²) in [5.41, 5.74) is 1.42. The number of hydrogen-bond acceptors (Lipinski definition) is 2. The summed E-state index contributed by atoms with van der Waals surface area (Å²) in [5.74, 6) is 0.742. The monoisotopic (exact) mass is 218 g/mol. The van der Waals surface area contributed by atoms with Gasteiger partial charge in [0.15, 0.2) is 0 Å². The van der Waals surface area contributed by atoms with Crippen LogP contribution in [0.3, 0.4) is 0 Å². The molecule has 2 atom stereocenters. The first kappa shape index (κ1) is 11.6. The van der Waals surface area contributed by atoms with Gasteiger partial charge in [-0.25, -0.2) is 0 Å². The van der Waals surface area contributed by atoms with E-state index >= 15 is 0 Å². The van der Waals surface area contributed by atoms with E-state index in [4.69, 9.17) is 0 Å². The fourth-order valence-electron chi connectivity index (χ4n) is 2.81. The third kappa shape index (κ3) is 2.63. The highest BCUT2D eigenvalue weighted by atomic mass is 15.1. The molecule has 0 radical (unpaired) electrons. The first-order chi connectivity index (χ1) is 7.81. The van der Waals surface area contributed by atoms with Gasteiger partial charge in [-0.05, 0) is 45.0 Å².